The smallest absolute Gasteiger partial charge is 0.336 e. The van der Waals surface area contributed by atoms with Crippen LogP contribution in [0.2, 0.25) is 0 Å². The predicted octanol–water partition coefficient (Wildman–Crippen LogP) is 1.86. The van der Waals surface area contributed by atoms with E-state index in [4.69, 9.17) is 34.8 Å². The average molecular weight is 1040 g/mol. The Kier molecular flexibility index (Phi) is 13.6. The summed E-state index contributed by atoms with van der Waals surface area (Å²) in [6.45, 7) is 2.16. The Morgan fingerprint density at radius 3 is 2.40 bits per heavy atom. The van der Waals surface area contributed by atoms with Crippen LogP contribution in [0.3, 0.4) is 0 Å². The number of dihydropyridines is 1. The molecule has 3 aliphatic heterocycles. The number of hydrogen-bond acceptors (Lipinski definition) is 20. The van der Waals surface area contributed by atoms with E-state index in [-0.39, 0.29) is 35.0 Å². The lowest BCUT2D eigenvalue weighted by molar-refractivity contribution is -0.345. The van der Waals surface area contributed by atoms with Crippen LogP contribution in [-0.4, -0.2) is 125 Å². The molecule has 5 aromatic rings. The van der Waals surface area contributed by atoms with Gasteiger partial charge in [-0.25, -0.2) is 4.79 Å². The number of fused-ring (bicyclic) bond motifs is 3. The number of aliphatic hydroxyl groups excluding tert-OH is 4. The van der Waals surface area contributed by atoms with E-state index in [1.807, 2.05) is 13.0 Å². The minimum Gasteiger partial charge on any atom is -0.508 e. The van der Waals surface area contributed by atoms with Crippen LogP contribution in [0, 0.1) is 11.3 Å². The van der Waals surface area contributed by atoms with E-state index in [0.29, 0.717) is 66.5 Å². The number of hydrogen-bond donors (Lipinski definition) is 15. The number of nitrogen functional groups attached to an aromatic ring is 1. The molecule has 0 radical (unpaired) electrons. The number of phenols is 2. The number of carboxylic acid groups (broad SMARTS) is 1. The summed E-state index contributed by atoms with van der Waals surface area (Å²) in [4.78, 5) is 30.5. The van der Waals surface area contributed by atoms with Crippen LogP contribution >= 0.6 is 0 Å². The molecule has 2 aliphatic carbocycles. The van der Waals surface area contributed by atoms with Gasteiger partial charge in [-0.05, 0) is 97.1 Å². The maximum absolute atomic E-state index is 14.1. The number of ether oxygens (including phenoxy) is 4. The zero-order valence-electron chi connectivity index (χ0n) is 40.6. The van der Waals surface area contributed by atoms with Crippen LogP contribution in [0.15, 0.2) is 111 Å². The molecule has 5 aliphatic rings. The number of H-pyrrole nitrogens is 1. The number of carboxylic acids is 1. The number of aryl methyl sites for hydroxylation is 1. The molecule has 5 heterocycles. The summed E-state index contributed by atoms with van der Waals surface area (Å²) in [5, 5.41) is 114. The number of aliphatic carboxylic acids is 1. The Hall–Kier alpha value is -7.12. The third-order valence-electron chi connectivity index (χ3n) is 15.2. The van der Waals surface area contributed by atoms with Crippen molar-refractivity contribution in [2.45, 2.75) is 93.3 Å². The summed E-state index contributed by atoms with van der Waals surface area (Å²) in [5.41, 5.74) is 6.96. The Morgan fingerprint density at radius 1 is 0.987 bits per heavy atom. The van der Waals surface area contributed by atoms with Crippen LogP contribution < -0.4 is 47.1 Å². The van der Waals surface area contributed by atoms with Gasteiger partial charge in [0.1, 0.15) is 51.9 Å². The highest BCUT2D eigenvalue weighted by molar-refractivity contribution is 5.89. The zero-order valence-corrected chi connectivity index (χ0v) is 40.6. The minimum atomic E-state index is -2.77. The summed E-state index contributed by atoms with van der Waals surface area (Å²) < 4.78 is 30.7. The number of nitrogens with two attached hydrogens (primary N) is 2. The number of aromatic hydroxyl groups is 2. The van der Waals surface area contributed by atoms with Crippen molar-refractivity contribution in [3.8, 4) is 40.1 Å². The van der Waals surface area contributed by atoms with Gasteiger partial charge in [0.15, 0.2) is 34.7 Å². The van der Waals surface area contributed by atoms with Gasteiger partial charge >= 0.3 is 5.97 Å². The first-order valence-corrected chi connectivity index (χ1v) is 24.7. The van der Waals surface area contributed by atoms with E-state index in [0.717, 1.165) is 30.5 Å². The standard InChI is InChI=1S/C53H60N6O16/c1-2-25-15-27(17-29(61)16-25)48(67)74-45-37(20-36-41(44(45)64)34(62)19-35(72-36)26-5-7-30(8-6-26)71-38(23-60)43(63)32-9-10-39(54)59-32)73-50-52(69)21-31(51(12-3-4-13-51)28-11-14-57-40(55)18-28)42(33-22-56-24-58-33)53(70,49(52)68)46(75-50)47(65)66/h5-11,15-21,33,38,42-43,46,48-50,56-61,63-64,67-70H,2-4,12-14,22-24,54-55H2,1H3,(H,65,66)/t33-,38-,42-,43-,46-,48-,49+,50-,52-,53-/m1/s1. The molecular weight excluding hydrogens is 977 g/mol. The Balaban J connectivity index is 1.09. The maximum Gasteiger partial charge on any atom is 0.336 e. The van der Waals surface area contributed by atoms with Crippen molar-refractivity contribution in [2.24, 2.45) is 17.1 Å². The lowest BCUT2D eigenvalue weighted by Gasteiger charge is -2.60. The van der Waals surface area contributed by atoms with Crippen molar-refractivity contribution in [2.75, 3.05) is 32.1 Å². The monoisotopic (exact) mass is 1040 g/mol. The minimum absolute atomic E-state index is 0.0181. The summed E-state index contributed by atoms with van der Waals surface area (Å²) in [6, 6.07) is 14.9. The van der Waals surface area contributed by atoms with Crippen LogP contribution in [0.1, 0.15) is 61.8 Å². The van der Waals surface area contributed by atoms with Crippen molar-refractivity contribution >= 4 is 22.8 Å². The van der Waals surface area contributed by atoms with Crippen molar-refractivity contribution < 1.29 is 74.1 Å². The number of phenolic OH excluding ortho intramolecular Hbond substituents is 2. The number of aromatic nitrogens is 1. The molecule has 22 nitrogen and oxygen atoms in total. The van der Waals surface area contributed by atoms with Gasteiger partial charge in [-0.1, -0.05) is 31.4 Å². The molecule has 17 N–H and O–H groups in total. The van der Waals surface area contributed by atoms with Gasteiger partial charge in [0.25, 0.3) is 0 Å². The second-order valence-electron chi connectivity index (χ2n) is 19.8. The Labute approximate surface area is 428 Å². The Morgan fingerprint density at radius 2 is 1.75 bits per heavy atom. The van der Waals surface area contributed by atoms with E-state index in [1.165, 1.54) is 48.5 Å². The molecule has 2 aromatic heterocycles. The second-order valence-corrected chi connectivity index (χ2v) is 19.8. The van der Waals surface area contributed by atoms with Gasteiger partial charge < -0.3 is 96.4 Å². The van der Waals surface area contributed by atoms with Crippen LogP contribution in [0.4, 0.5) is 5.82 Å². The van der Waals surface area contributed by atoms with Gasteiger partial charge in [-0.15, -0.1) is 0 Å². The van der Waals surface area contributed by atoms with Gasteiger partial charge in [-0.2, -0.15) is 0 Å². The molecule has 22 heteroatoms. The fraction of sp³-hybridized carbons (Fsp3) is 0.396. The SMILES string of the molecule is CCc1cc(O)cc([C@H](O)Oc2c(O[C@@H]3O[C@H](C(=O)O)[C@]4(O)[C@@H]([C@H]5CNCN5)C(C5(C6=CCNC(N)=C6)CCCC5)=C[C@@]3(O)[C@@H]4O)cc3oc(-c4ccc(O[C@H](CO)[C@H](O)c5ccc(N)[nH]5)cc4)cc(=O)c3c2O)c1. The van der Waals surface area contributed by atoms with E-state index in [1.54, 1.807) is 18.2 Å². The second kappa shape index (κ2) is 19.9. The summed E-state index contributed by atoms with van der Waals surface area (Å²) in [7, 11) is 0. The van der Waals surface area contributed by atoms with E-state index < -0.39 is 106 Å². The van der Waals surface area contributed by atoms with Crippen molar-refractivity contribution in [1.82, 2.24) is 20.9 Å². The first-order valence-electron chi connectivity index (χ1n) is 24.7. The highest BCUT2D eigenvalue weighted by Gasteiger charge is 2.73. The fourth-order valence-corrected chi connectivity index (χ4v) is 11.6. The molecular formula is C53H60N6O16. The number of benzene rings is 3. The predicted molar refractivity (Wildman–Crippen MR) is 268 cm³/mol. The molecule has 0 spiro atoms. The molecule has 2 bridgehead atoms. The molecule has 3 fully saturated rings. The first-order chi connectivity index (χ1) is 35.9. The molecule has 3 aromatic carbocycles. The summed E-state index contributed by atoms with van der Waals surface area (Å²) in [5.74, 6) is -4.49. The molecule has 10 atom stereocenters. The van der Waals surface area contributed by atoms with E-state index >= 15 is 0 Å². The van der Waals surface area contributed by atoms with Crippen molar-refractivity contribution in [1.29, 1.82) is 0 Å². The first kappa shape index (κ1) is 51.4. The van der Waals surface area contributed by atoms with E-state index in [9.17, 15) is 55.5 Å². The topological polar surface area (TPSA) is 370 Å². The molecule has 1 saturated carbocycles. The van der Waals surface area contributed by atoms with Crippen LogP contribution in [0.5, 0.6) is 28.7 Å². The number of aliphatic hydroxyl groups is 6. The van der Waals surface area contributed by atoms with E-state index in [2.05, 4.69) is 20.9 Å². The third kappa shape index (κ3) is 9.00. The molecule has 75 heavy (non-hydrogen) atoms. The van der Waals surface area contributed by atoms with Crippen LogP contribution in [0.25, 0.3) is 22.3 Å². The third-order valence-corrected chi connectivity index (χ3v) is 15.2. The van der Waals surface area contributed by atoms with Gasteiger partial charge in [0.05, 0.1) is 12.4 Å². The van der Waals surface area contributed by atoms with Crippen LogP contribution in [-0.2, 0) is 16.0 Å². The van der Waals surface area contributed by atoms with Crippen molar-refractivity contribution in [3.63, 3.8) is 0 Å². The number of rotatable bonds is 16. The zero-order chi connectivity index (χ0) is 53.1. The van der Waals surface area contributed by atoms with Gasteiger partial charge in [-0.3, -0.25) is 10.1 Å². The molecule has 2 saturated heterocycles. The molecule has 398 valence electrons. The number of anilines is 1. The van der Waals surface area contributed by atoms with Gasteiger partial charge in [0.2, 0.25) is 18.3 Å². The average Bonchev–Trinajstić information content (AvgIpc) is 4.31. The van der Waals surface area contributed by atoms with Gasteiger partial charge in [0, 0.05) is 66.1 Å². The normalized spacial score (nSPS) is 27.3. The summed E-state index contributed by atoms with van der Waals surface area (Å²) >= 11 is 0. The lowest BCUT2D eigenvalue weighted by atomic mass is 9.53. The molecule has 0 amide bonds. The molecule has 0 unspecified atom stereocenters. The summed E-state index contributed by atoms with van der Waals surface area (Å²) in [6.07, 6.45) is -3.19. The highest BCUT2D eigenvalue weighted by Crippen LogP contribution is 2.61. The van der Waals surface area contributed by atoms with Crippen molar-refractivity contribution in [3.05, 3.63) is 129 Å². The maximum atomic E-state index is 14.1. The molecule has 10 rings (SSSR count). The fourth-order valence-electron chi connectivity index (χ4n) is 11.6. The number of aromatic amines is 1. The number of allylic oxidation sites excluding steroid dienone is 2. The largest absolute Gasteiger partial charge is 0.508 e. The number of carbonyl (C=O) groups is 1. The quantitative estimate of drug-likeness (QED) is 0.0495. The highest BCUT2D eigenvalue weighted by atomic mass is 16.7. The number of nitrogens with one attached hydrogen (secondary N) is 4. The lowest BCUT2D eigenvalue weighted by Crippen LogP contribution is -2.80. The Bertz CT molecular complexity index is 3140.